The normalized spacial score (nSPS) is 11.3. The molecule has 1 aromatic heterocycles. The van der Waals surface area contributed by atoms with Crippen LogP contribution >= 0.6 is 0 Å². The van der Waals surface area contributed by atoms with Crippen molar-refractivity contribution in [3.8, 4) is 0 Å². The minimum absolute atomic E-state index is 0.106. The molecule has 2 aromatic rings. The summed E-state index contributed by atoms with van der Waals surface area (Å²) >= 11 is 0. The maximum atomic E-state index is 11.9. The van der Waals surface area contributed by atoms with E-state index in [9.17, 15) is 13.2 Å². The second-order valence-electron chi connectivity index (χ2n) is 4.22. The van der Waals surface area contributed by atoms with Gasteiger partial charge in [0.25, 0.3) is 5.91 Å². The summed E-state index contributed by atoms with van der Waals surface area (Å²) in [5.41, 5.74) is 0.313. The van der Waals surface area contributed by atoms with E-state index in [-0.39, 0.29) is 10.8 Å². The van der Waals surface area contributed by atoms with Crippen molar-refractivity contribution in [1.82, 2.24) is 19.9 Å². The maximum absolute atomic E-state index is 11.9. The number of amides is 1. The van der Waals surface area contributed by atoms with Crippen LogP contribution in [0.1, 0.15) is 23.1 Å². The molecule has 0 atom stereocenters. The molecule has 0 aliphatic rings. The molecule has 0 unspecified atom stereocenters. The number of benzene rings is 1. The highest BCUT2D eigenvalue weighted by atomic mass is 32.2. The number of aromatic nitrogens is 3. The summed E-state index contributed by atoms with van der Waals surface area (Å²) in [6.45, 7) is 3.70. The quantitative estimate of drug-likeness (QED) is 0.750. The van der Waals surface area contributed by atoms with Crippen molar-refractivity contribution in [2.45, 2.75) is 18.7 Å². The van der Waals surface area contributed by atoms with Crippen molar-refractivity contribution >= 4 is 21.9 Å². The van der Waals surface area contributed by atoms with Crippen LogP contribution in [0.3, 0.4) is 0 Å². The fourth-order valence-corrected chi connectivity index (χ4v) is 2.67. The first-order valence-electron chi connectivity index (χ1n) is 6.22. The van der Waals surface area contributed by atoms with Gasteiger partial charge in [0.15, 0.2) is 0 Å². The maximum Gasteiger partial charge on any atom is 0.258 e. The number of nitrogens with one attached hydrogen (secondary N) is 3. The van der Waals surface area contributed by atoms with Crippen LogP contribution in [0.4, 0.5) is 5.95 Å². The van der Waals surface area contributed by atoms with Crippen LogP contribution in [-0.2, 0) is 10.0 Å². The number of nitrogens with zero attached hydrogens (tertiary/aromatic N) is 2. The molecule has 0 fully saturated rings. The first kappa shape index (κ1) is 15.1. The van der Waals surface area contributed by atoms with Gasteiger partial charge in [-0.25, -0.2) is 13.1 Å². The molecule has 0 radical (unpaired) electrons. The molecule has 21 heavy (non-hydrogen) atoms. The van der Waals surface area contributed by atoms with Crippen LogP contribution in [0.2, 0.25) is 0 Å². The monoisotopic (exact) mass is 309 g/mol. The van der Waals surface area contributed by atoms with Crippen LogP contribution in [0.25, 0.3) is 0 Å². The zero-order chi connectivity index (χ0) is 15.5. The number of anilines is 1. The van der Waals surface area contributed by atoms with Crippen LogP contribution in [-0.4, -0.2) is 36.1 Å². The number of H-pyrrole nitrogens is 1. The van der Waals surface area contributed by atoms with Crippen molar-refractivity contribution in [1.29, 1.82) is 0 Å². The Morgan fingerprint density at radius 1 is 1.29 bits per heavy atom. The average molecular weight is 309 g/mol. The number of hydrogen-bond donors (Lipinski definition) is 3. The van der Waals surface area contributed by atoms with Gasteiger partial charge in [0.2, 0.25) is 16.0 Å². The Hall–Kier alpha value is -2.26. The Labute approximate surface area is 122 Å². The number of hydrogen-bond acceptors (Lipinski definition) is 5. The molecule has 2 rings (SSSR count). The number of aryl methyl sites for hydroxylation is 1. The molecule has 0 aliphatic carbocycles. The van der Waals surface area contributed by atoms with Crippen molar-refractivity contribution in [2.75, 3.05) is 11.9 Å². The molecular formula is C12H15N5O3S. The molecule has 0 saturated heterocycles. The molecule has 8 nitrogen and oxygen atoms in total. The van der Waals surface area contributed by atoms with Gasteiger partial charge in [-0.1, -0.05) is 6.92 Å². The van der Waals surface area contributed by atoms with Gasteiger partial charge in [0.1, 0.15) is 5.82 Å². The molecule has 0 spiro atoms. The Morgan fingerprint density at radius 2 is 1.95 bits per heavy atom. The van der Waals surface area contributed by atoms with Gasteiger partial charge in [-0.05, 0) is 31.2 Å². The molecule has 0 aliphatic heterocycles. The van der Waals surface area contributed by atoms with E-state index in [4.69, 9.17) is 0 Å². The zero-order valence-electron chi connectivity index (χ0n) is 11.5. The lowest BCUT2D eigenvalue weighted by Gasteiger charge is -2.05. The number of rotatable bonds is 5. The molecule has 0 bridgehead atoms. The fourth-order valence-electron chi connectivity index (χ4n) is 1.63. The van der Waals surface area contributed by atoms with Crippen LogP contribution in [0, 0.1) is 6.92 Å². The standard InChI is InChI=1S/C12H15N5O3S/c1-3-13-21(19,20)10-6-4-9(5-7-10)11(18)15-12-14-8(2)16-17-12/h4-7,13H,3H2,1-2H3,(H2,14,15,16,17,18). The van der Waals surface area contributed by atoms with Crippen molar-refractivity contribution in [3.05, 3.63) is 35.7 Å². The van der Waals surface area contributed by atoms with Crippen molar-refractivity contribution < 1.29 is 13.2 Å². The highest BCUT2D eigenvalue weighted by molar-refractivity contribution is 7.89. The van der Waals surface area contributed by atoms with Gasteiger partial charge < -0.3 is 0 Å². The molecule has 9 heteroatoms. The van der Waals surface area contributed by atoms with Gasteiger partial charge >= 0.3 is 0 Å². The highest BCUT2D eigenvalue weighted by Crippen LogP contribution is 2.11. The molecule has 1 amide bonds. The van der Waals surface area contributed by atoms with E-state index in [1.165, 1.54) is 24.3 Å². The lowest BCUT2D eigenvalue weighted by molar-refractivity contribution is 0.102. The summed E-state index contributed by atoms with van der Waals surface area (Å²) in [5.74, 6) is 0.334. The Bertz CT molecular complexity index is 737. The van der Waals surface area contributed by atoms with E-state index in [1.807, 2.05) is 0 Å². The number of carbonyl (C=O) groups is 1. The van der Waals surface area contributed by atoms with E-state index < -0.39 is 15.9 Å². The molecule has 3 N–H and O–H groups in total. The minimum atomic E-state index is -3.52. The summed E-state index contributed by atoms with van der Waals surface area (Å²) < 4.78 is 25.9. The largest absolute Gasteiger partial charge is 0.289 e. The summed E-state index contributed by atoms with van der Waals surface area (Å²) in [7, 11) is -3.52. The van der Waals surface area contributed by atoms with Crippen molar-refractivity contribution in [3.63, 3.8) is 0 Å². The molecule has 0 saturated carbocycles. The molecule has 1 aromatic carbocycles. The van der Waals surface area contributed by atoms with E-state index in [1.54, 1.807) is 13.8 Å². The fraction of sp³-hybridized carbons (Fsp3) is 0.250. The van der Waals surface area contributed by atoms with Gasteiger partial charge in [-0.2, -0.15) is 4.98 Å². The number of carbonyl (C=O) groups excluding carboxylic acids is 1. The van der Waals surface area contributed by atoms with Gasteiger partial charge in [0.05, 0.1) is 4.90 Å². The molecule has 1 heterocycles. The smallest absolute Gasteiger partial charge is 0.258 e. The zero-order valence-corrected chi connectivity index (χ0v) is 12.4. The predicted octanol–water partition coefficient (Wildman–Crippen LogP) is 0.664. The first-order chi connectivity index (χ1) is 9.92. The average Bonchev–Trinajstić information content (AvgIpc) is 2.84. The summed E-state index contributed by atoms with van der Waals surface area (Å²) in [5, 5.41) is 8.90. The molecular weight excluding hydrogens is 294 g/mol. The third kappa shape index (κ3) is 3.64. The van der Waals surface area contributed by atoms with Crippen LogP contribution < -0.4 is 10.0 Å². The van der Waals surface area contributed by atoms with E-state index in [0.717, 1.165) is 0 Å². The Kier molecular flexibility index (Phi) is 4.34. The van der Waals surface area contributed by atoms with Gasteiger partial charge in [0, 0.05) is 12.1 Å². The van der Waals surface area contributed by atoms with E-state index >= 15 is 0 Å². The highest BCUT2D eigenvalue weighted by Gasteiger charge is 2.14. The lowest BCUT2D eigenvalue weighted by atomic mass is 10.2. The topological polar surface area (TPSA) is 117 Å². The first-order valence-corrected chi connectivity index (χ1v) is 7.71. The minimum Gasteiger partial charge on any atom is -0.289 e. The molecule has 112 valence electrons. The van der Waals surface area contributed by atoms with Gasteiger partial charge in [-0.15, -0.1) is 5.10 Å². The summed E-state index contributed by atoms with van der Waals surface area (Å²) in [6, 6.07) is 5.60. The second kappa shape index (κ2) is 6.02. The van der Waals surface area contributed by atoms with Gasteiger partial charge in [-0.3, -0.25) is 15.2 Å². The van der Waals surface area contributed by atoms with E-state index in [2.05, 4.69) is 25.2 Å². The van der Waals surface area contributed by atoms with E-state index in [0.29, 0.717) is 17.9 Å². The van der Waals surface area contributed by atoms with Crippen LogP contribution in [0.5, 0.6) is 0 Å². The Morgan fingerprint density at radius 3 is 2.48 bits per heavy atom. The third-order valence-electron chi connectivity index (χ3n) is 2.58. The SMILES string of the molecule is CCNS(=O)(=O)c1ccc(C(=O)Nc2n[nH]c(C)n2)cc1. The summed E-state index contributed by atoms with van der Waals surface area (Å²) in [4.78, 5) is 16.0. The Balaban J connectivity index is 2.13. The number of aromatic amines is 1. The summed E-state index contributed by atoms with van der Waals surface area (Å²) in [6.07, 6.45) is 0. The lowest BCUT2D eigenvalue weighted by Crippen LogP contribution is -2.23. The predicted molar refractivity (Wildman–Crippen MR) is 76.4 cm³/mol. The number of sulfonamides is 1. The third-order valence-corrected chi connectivity index (χ3v) is 4.15. The van der Waals surface area contributed by atoms with Crippen LogP contribution in [0.15, 0.2) is 29.2 Å². The van der Waals surface area contributed by atoms with Crippen molar-refractivity contribution in [2.24, 2.45) is 0 Å². The second-order valence-corrected chi connectivity index (χ2v) is 5.99.